The standard InChI is InChI=1S/C25H26BrN3O6/c1-34-16-9-7-15(8-10-16)28-23(32)21-25-13-17(26)20(35-25)18(19(25)24(33)29(21)11-12-30)22(31)27-14-5-3-2-4-6-14/h2-10,17-21,30H,11-13H2,1H3,(H,27,31)(H,28,32)/t17?,18-,19-,20-,21?,25?/m0/s1. The minimum Gasteiger partial charge on any atom is -0.497 e. The molecule has 6 atom stereocenters. The van der Waals surface area contributed by atoms with Crippen LogP contribution in [0.1, 0.15) is 6.42 Å². The van der Waals surface area contributed by atoms with E-state index in [0.29, 0.717) is 23.5 Å². The number of likely N-dealkylation sites (tertiary alicyclic amines) is 1. The van der Waals surface area contributed by atoms with Crippen LogP contribution in [-0.2, 0) is 19.1 Å². The fourth-order valence-electron chi connectivity index (χ4n) is 5.71. The average Bonchev–Trinajstić information content (AvgIpc) is 3.44. The van der Waals surface area contributed by atoms with Crippen molar-refractivity contribution in [1.82, 2.24) is 4.90 Å². The summed E-state index contributed by atoms with van der Waals surface area (Å²) < 4.78 is 11.6. The van der Waals surface area contributed by atoms with Gasteiger partial charge in [0.15, 0.2) is 0 Å². The lowest BCUT2D eigenvalue weighted by atomic mass is 9.70. The van der Waals surface area contributed by atoms with Gasteiger partial charge in [0.25, 0.3) is 0 Å². The van der Waals surface area contributed by atoms with Gasteiger partial charge in [-0.15, -0.1) is 0 Å². The molecule has 2 aromatic carbocycles. The number of carbonyl (C=O) groups is 3. The smallest absolute Gasteiger partial charge is 0.250 e. The van der Waals surface area contributed by atoms with Gasteiger partial charge >= 0.3 is 0 Å². The van der Waals surface area contributed by atoms with Gasteiger partial charge in [0.1, 0.15) is 17.4 Å². The highest BCUT2D eigenvalue weighted by Gasteiger charge is 2.76. The number of carbonyl (C=O) groups excluding carboxylic acids is 3. The molecule has 0 saturated carbocycles. The van der Waals surface area contributed by atoms with Crippen LogP contribution in [0.2, 0.25) is 0 Å². The highest BCUT2D eigenvalue weighted by atomic mass is 79.9. The molecule has 35 heavy (non-hydrogen) atoms. The number of hydrogen-bond acceptors (Lipinski definition) is 6. The highest BCUT2D eigenvalue weighted by molar-refractivity contribution is 9.09. The van der Waals surface area contributed by atoms with Crippen molar-refractivity contribution in [2.24, 2.45) is 11.8 Å². The Morgan fingerprint density at radius 3 is 2.43 bits per heavy atom. The van der Waals surface area contributed by atoms with Crippen LogP contribution in [0.5, 0.6) is 5.75 Å². The molecule has 10 heteroatoms. The summed E-state index contributed by atoms with van der Waals surface area (Å²) in [5.74, 6) is -2.07. The van der Waals surface area contributed by atoms with E-state index in [1.54, 1.807) is 43.5 Å². The number of nitrogens with zero attached hydrogens (tertiary/aromatic N) is 1. The number of fused-ring (bicyclic) bond motifs is 1. The summed E-state index contributed by atoms with van der Waals surface area (Å²) in [5.41, 5.74) is -0.0272. The van der Waals surface area contributed by atoms with Crippen molar-refractivity contribution in [2.75, 3.05) is 30.9 Å². The molecular formula is C25H26BrN3O6. The summed E-state index contributed by atoms with van der Waals surface area (Å²) >= 11 is 3.63. The Bertz CT molecular complexity index is 1130. The van der Waals surface area contributed by atoms with Crippen molar-refractivity contribution < 1.29 is 29.0 Å². The average molecular weight is 544 g/mol. The normalized spacial score (nSPS) is 30.8. The Morgan fingerprint density at radius 2 is 1.77 bits per heavy atom. The highest BCUT2D eigenvalue weighted by Crippen LogP contribution is 2.60. The second-order valence-corrected chi connectivity index (χ2v) is 10.2. The van der Waals surface area contributed by atoms with E-state index >= 15 is 0 Å². The minimum atomic E-state index is -1.18. The fourth-order valence-corrected chi connectivity index (χ4v) is 6.65. The molecule has 3 heterocycles. The lowest BCUT2D eigenvalue weighted by Gasteiger charge is -2.34. The Labute approximate surface area is 210 Å². The first kappa shape index (κ1) is 23.8. The summed E-state index contributed by atoms with van der Waals surface area (Å²) in [6, 6.07) is 14.9. The SMILES string of the molecule is COc1ccc(NC(=O)C2N(CCO)C(=O)[C@@H]3[C@H](C(=O)Nc4ccccc4)[C@H]4OC23CC4Br)cc1. The first-order valence-electron chi connectivity index (χ1n) is 11.4. The van der Waals surface area contributed by atoms with Gasteiger partial charge in [-0.25, -0.2) is 0 Å². The van der Waals surface area contributed by atoms with Crippen molar-refractivity contribution in [3.8, 4) is 5.75 Å². The number of halogens is 1. The van der Waals surface area contributed by atoms with E-state index in [1.165, 1.54) is 4.90 Å². The molecule has 0 aromatic heterocycles. The van der Waals surface area contributed by atoms with Gasteiger partial charge in [-0.3, -0.25) is 14.4 Å². The Kier molecular flexibility index (Phi) is 6.29. The summed E-state index contributed by atoms with van der Waals surface area (Å²) in [7, 11) is 1.55. The molecule has 0 aliphatic carbocycles. The van der Waals surface area contributed by atoms with Crippen molar-refractivity contribution in [3.63, 3.8) is 0 Å². The zero-order chi connectivity index (χ0) is 24.7. The van der Waals surface area contributed by atoms with Crippen molar-refractivity contribution in [2.45, 2.75) is 29.0 Å². The second-order valence-electron chi connectivity index (χ2n) is 8.99. The number of ether oxygens (including phenoxy) is 2. The van der Waals surface area contributed by atoms with Crippen LogP contribution in [0.4, 0.5) is 11.4 Å². The lowest BCUT2D eigenvalue weighted by molar-refractivity contribution is -0.140. The van der Waals surface area contributed by atoms with Crippen LogP contribution < -0.4 is 15.4 Å². The number of rotatable bonds is 7. The Balaban J connectivity index is 1.46. The molecule has 3 amide bonds. The molecule has 2 bridgehead atoms. The zero-order valence-corrected chi connectivity index (χ0v) is 20.6. The van der Waals surface area contributed by atoms with Gasteiger partial charge in [0.2, 0.25) is 17.7 Å². The molecule has 2 aromatic rings. The van der Waals surface area contributed by atoms with E-state index in [4.69, 9.17) is 9.47 Å². The van der Waals surface area contributed by atoms with Crippen molar-refractivity contribution >= 4 is 45.0 Å². The number of hydrogen-bond donors (Lipinski definition) is 3. The largest absolute Gasteiger partial charge is 0.497 e. The van der Waals surface area contributed by atoms with Gasteiger partial charge < -0.3 is 30.1 Å². The van der Waals surface area contributed by atoms with Gasteiger partial charge in [-0.05, 0) is 42.8 Å². The molecule has 3 unspecified atom stereocenters. The van der Waals surface area contributed by atoms with E-state index in [0.717, 1.165) is 0 Å². The first-order chi connectivity index (χ1) is 16.9. The predicted octanol–water partition coefficient (Wildman–Crippen LogP) is 2.01. The fraction of sp³-hybridized carbons (Fsp3) is 0.400. The molecule has 0 radical (unpaired) electrons. The van der Waals surface area contributed by atoms with Crippen molar-refractivity contribution in [1.29, 1.82) is 0 Å². The number of amides is 3. The topological polar surface area (TPSA) is 117 Å². The molecular weight excluding hydrogens is 518 g/mol. The number of methoxy groups -OCH3 is 1. The summed E-state index contributed by atoms with van der Waals surface area (Å²) in [5, 5.41) is 15.4. The molecule has 3 aliphatic rings. The maximum atomic E-state index is 13.6. The van der Waals surface area contributed by atoms with E-state index in [2.05, 4.69) is 26.6 Å². The van der Waals surface area contributed by atoms with Gasteiger partial charge in [0.05, 0.1) is 31.7 Å². The number of benzene rings is 2. The number of alkyl halides is 1. The quantitative estimate of drug-likeness (QED) is 0.460. The third-order valence-electron chi connectivity index (χ3n) is 7.08. The van der Waals surface area contributed by atoms with Crippen LogP contribution in [0.3, 0.4) is 0 Å². The Hall–Kier alpha value is -2.95. The van der Waals surface area contributed by atoms with Crippen LogP contribution in [0.15, 0.2) is 54.6 Å². The maximum absolute atomic E-state index is 13.6. The molecule has 9 nitrogen and oxygen atoms in total. The molecule has 5 rings (SSSR count). The molecule has 3 N–H and O–H groups in total. The second kappa shape index (κ2) is 9.25. The van der Waals surface area contributed by atoms with Crippen LogP contribution in [0.25, 0.3) is 0 Å². The summed E-state index contributed by atoms with van der Waals surface area (Å²) in [6.45, 7) is -0.352. The van der Waals surface area contributed by atoms with Gasteiger partial charge in [0, 0.05) is 22.7 Å². The van der Waals surface area contributed by atoms with Crippen molar-refractivity contribution in [3.05, 3.63) is 54.6 Å². The number of β-amino-alcohol motifs (C(OH)–C–C–N with tert-alkyl or cyclic N) is 1. The molecule has 3 saturated heterocycles. The Morgan fingerprint density at radius 1 is 1.11 bits per heavy atom. The number of anilines is 2. The molecule has 3 fully saturated rings. The van der Waals surface area contributed by atoms with E-state index in [-0.39, 0.29) is 29.8 Å². The molecule has 1 spiro atoms. The minimum absolute atomic E-state index is 0.0359. The van der Waals surface area contributed by atoms with Gasteiger partial charge in [-0.2, -0.15) is 0 Å². The molecule has 3 aliphatic heterocycles. The maximum Gasteiger partial charge on any atom is 0.250 e. The predicted molar refractivity (Wildman–Crippen MR) is 131 cm³/mol. The van der Waals surface area contributed by atoms with Gasteiger partial charge in [-0.1, -0.05) is 34.1 Å². The zero-order valence-electron chi connectivity index (χ0n) is 19.0. The number of aliphatic hydroxyl groups excluding tert-OH is 1. The number of para-hydroxylation sites is 1. The summed E-state index contributed by atoms with van der Waals surface area (Å²) in [4.78, 5) is 41.7. The number of aliphatic hydroxyl groups is 1. The van der Waals surface area contributed by atoms with E-state index < -0.39 is 35.5 Å². The van der Waals surface area contributed by atoms with E-state index in [1.807, 2.05) is 18.2 Å². The van der Waals surface area contributed by atoms with Crippen LogP contribution >= 0.6 is 15.9 Å². The van der Waals surface area contributed by atoms with Crippen LogP contribution in [0, 0.1) is 11.8 Å². The first-order valence-corrected chi connectivity index (χ1v) is 12.3. The molecule has 184 valence electrons. The summed E-state index contributed by atoms with van der Waals surface area (Å²) in [6.07, 6.45) is -0.161. The lowest BCUT2D eigenvalue weighted by Crippen LogP contribution is -2.54. The van der Waals surface area contributed by atoms with Crippen LogP contribution in [-0.4, -0.2) is 70.6 Å². The van der Waals surface area contributed by atoms with E-state index in [9.17, 15) is 19.5 Å². The monoisotopic (exact) mass is 543 g/mol. The number of nitrogens with one attached hydrogen (secondary N) is 2. The third-order valence-corrected chi connectivity index (χ3v) is 7.92. The third kappa shape index (κ3) is 3.89.